The second kappa shape index (κ2) is 5.41. The van der Waals surface area contributed by atoms with Crippen molar-refractivity contribution >= 4 is 0 Å². The number of hydrogen-bond donors (Lipinski definition) is 0. The maximum atomic E-state index is 13.7. The smallest absolute Gasteiger partial charge is 0.253 e. The van der Waals surface area contributed by atoms with E-state index in [2.05, 4.69) is 4.98 Å². The van der Waals surface area contributed by atoms with E-state index in [-0.39, 0.29) is 5.56 Å². The molecule has 0 saturated heterocycles. The fraction of sp³-hybridized carbons (Fsp3) is 0.150. The zero-order valence-electron chi connectivity index (χ0n) is 13.2. The Labute approximate surface area is 142 Å². The van der Waals surface area contributed by atoms with Gasteiger partial charge in [0, 0.05) is 22.7 Å². The summed E-state index contributed by atoms with van der Waals surface area (Å²) in [5.41, 5.74) is 1.90. The van der Waals surface area contributed by atoms with E-state index in [0.717, 1.165) is 6.07 Å². The normalized spacial score (nSPS) is 15.8. The van der Waals surface area contributed by atoms with Crippen molar-refractivity contribution in [1.82, 2.24) is 4.98 Å². The van der Waals surface area contributed by atoms with E-state index in [1.165, 1.54) is 18.2 Å². The zero-order valence-corrected chi connectivity index (χ0v) is 13.2. The second-order valence-corrected chi connectivity index (χ2v) is 6.15. The molecule has 1 aliphatic carbocycles. The molecule has 1 heterocycles. The summed E-state index contributed by atoms with van der Waals surface area (Å²) >= 11 is 0. The molecule has 1 atom stereocenters. The van der Waals surface area contributed by atoms with Crippen LogP contribution >= 0.6 is 0 Å². The third-order valence-corrected chi connectivity index (χ3v) is 4.49. The van der Waals surface area contributed by atoms with Crippen LogP contribution < -0.4 is 0 Å². The Kier molecular flexibility index (Phi) is 3.42. The van der Waals surface area contributed by atoms with E-state index < -0.39 is 23.5 Å². The summed E-state index contributed by atoms with van der Waals surface area (Å²) in [6.07, 6.45) is -4.51. The summed E-state index contributed by atoms with van der Waals surface area (Å²) in [5.74, 6) is -1.16. The molecular formula is C20H13F4N. The first kappa shape index (κ1) is 15.8. The predicted octanol–water partition coefficient (Wildman–Crippen LogP) is 5.71. The van der Waals surface area contributed by atoms with Gasteiger partial charge in [-0.3, -0.25) is 4.98 Å². The summed E-state index contributed by atoms with van der Waals surface area (Å²) in [7, 11) is 0. The van der Waals surface area contributed by atoms with Gasteiger partial charge in [0.05, 0.1) is 11.3 Å². The first-order chi connectivity index (χ1) is 11.9. The van der Waals surface area contributed by atoms with Crippen LogP contribution in [0.15, 0.2) is 54.6 Å². The highest BCUT2D eigenvalue weighted by atomic mass is 19.4. The molecular weight excluding hydrogens is 330 g/mol. The third-order valence-electron chi connectivity index (χ3n) is 4.49. The highest BCUT2D eigenvalue weighted by molar-refractivity contribution is 5.79. The molecule has 25 heavy (non-hydrogen) atoms. The van der Waals surface area contributed by atoms with Crippen molar-refractivity contribution in [2.24, 2.45) is 0 Å². The lowest BCUT2D eigenvalue weighted by Crippen LogP contribution is -2.13. The SMILES string of the molecule is Cc1cc(C(F)(F)F)c2c(n1)-c1ccccc1C2c1cccc(F)c1. The van der Waals surface area contributed by atoms with Crippen molar-refractivity contribution in [2.45, 2.75) is 19.0 Å². The maximum absolute atomic E-state index is 13.7. The summed E-state index contributed by atoms with van der Waals surface area (Å²) in [6.45, 7) is 1.55. The van der Waals surface area contributed by atoms with Gasteiger partial charge in [0.2, 0.25) is 0 Å². The highest BCUT2D eigenvalue weighted by Crippen LogP contribution is 2.51. The molecule has 0 aliphatic heterocycles. The topological polar surface area (TPSA) is 12.9 Å². The van der Waals surface area contributed by atoms with Gasteiger partial charge in [0.25, 0.3) is 0 Å². The van der Waals surface area contributed by atoms with Crippen LogP contribution in [0.5, 0.6) is 0 Å². The van der Waals surface area contributed by atoms with Crippen LogP contribution in [0, 0.1) is 12.7 Å². The van der Waals surface area contributed by atoms with E-state index >= 15 is 0 Å². The Balaban J connectivity index is 2.08. The van der Waals surface area contributed by atoms with Crippen LogP contribution in [-0.4, -0.2) is 4.98 Å². The number of benzene rings is 2. The third kappa shape index (κ3) is 2.51. The molecule has 5 heteroatoms. The minimum atomic E-state index is -4.51. The fourth-order valence-corrected chi connectivity index (χ4v) is 3.57. The Morgan fingerprint density at radius 3 is 2.44 bits per heavy atom. The molecule has 3 aromatic rings. The van der Waals surface area contributed by atoms with E-state index in [0.29, 0.717) is 28.1 Å². The average molecular weight is 343 g/mol. The van der Waals surface area contributed by atoms with E-state index in [4.69, 9.17) is 0 Å². The van der Waals surface area contributed by atoms with Crippen LogP contribution in [-0.2, 0) is 6.18 Å². The van der Waals surface area contributed by atoms with Crippen molar-refractivity contribution in [3.8, 4) is 11.3 Å². The molecule has 0 spiro atoms. The van der Waals surface area contributed by atoms with Crippen LogP contribution in [0.3, 0.4) is 0 Å². The van der Waals surface area contributed by atoms with Gasteiger partial charge >= 0.3 is 6.18 Å². The molecule has 0 radical (unpaired) electrons. The van der Waals surface area contributed by atoms with Crippen molar-refractivity contribution in [1.29, 1.82) is 0 Å². The van der Waals surface area contributed by atoms with Gasteiger partial charge in [0.1, 0.15) is 5.82 Å². The summed E-state index contributed by atoms with van der Waals surface area (Å²) in [4.78, 5) is 4.37. The first-order valence-electron chi connectivity index (χ1n) is 7.80. The molecule has 1 aromatic heterocycles. The molecule has 126 valence electrons. The summed E-state index contributed by atoms with van der Waals surface area (Å²) in [5, 5.41) is 0. The summed E-state index contributed by atoms with van der Waals surface area (Å²) in [6, 6.07) is 13.9. The largest absolute Gasteiger partial charge is 0.416 e. The minimum absolute atomic E-state index is 0.102. The van der Waals surface area contributed by atoms with Crippen molar-refractivity contribution in [3.05, 3.63) is 88.4 Å². The van der Waals surface area contributed by atoms with Crippen LogP contribution in [0.4, 0.5) is 17.6 Å². The Bertz CT molecular complexity index is 976. The molecule has 4 rings (SSSR count). The van der Waals surface area contributed by atoms with Crippen molar-refractivity contribution in [3.63, 3.8) is 0 Å². The van der Waals surface area contributed by atoms with Crippen LogP contribution in [0.25, 0.3) is 11.3 Å². The van der Waals surface area contributed by atoms with Gasteiger partial charge in [-0.2, -0.15) is 13.2 Å². The molecule has 1 unspecified atom stereocenters. The van der Waals surface area contributed by atoms with Crippen LogP contribution in [0.2, 0.25) is 0 Å². The lowest BCUT2D eigenvalue weighted by molar-refractivity contribution is -0.138. The molecule has 0 fully saturated rings. The zero-order chi connectivity index (χ0) is 17.8. The second-order valence-electron chi connectivity index (χ2n) is 6.15. The fourth-order valence-electron chi connectivity index (χ4n) is 3.57. The van der Waals surface area contributed by atoms with Gasteiger partial charge in [0.15, 0.2) is 0 Å². The number of alkyl halides is 3. The maximum Gasteiger partial charge on any atom is 0.416 e. The van der Waals surface area contributed by atoms with Gasteiger partial charge in [-0.1, -0.05) is 36.4 Å². The van der Waals surface area contributed by atoms with Crippen molar-refractivity contribution < 1.29 is 17.6 Å². The average Bonchev–Trinajstić information content (AvgIpc) is 2.87. The van der Waals surface area contributed by atoms with Gasteiger partial charge in [-0.15, -0.1) is 0 Å². The molecule has 0 bridgehead atoms. The van der Waals surface area contributed by atoms with Gasteiger partial charge in [-0.25, -0.2) is 4.39 Å². The van der Waals surface area contributed by atoms with Gasteiger partial charge < -0.3 is 0 Å². The number of fused-ring (bicyclic) bond motifs is 3. The minimum Gasteiger partial charge on any atom is -0.253 e. The number of hydrogen-bond acceptors (Lipinski definition) is 1. The lowest BCUT2D eigenvalue weighted by atomic mass is 9.87. The number of aryl methyl sites for hydroxylation is 1. The molecule has 0 amide bonds. The van der Waals surface area contributed by atoms with E-state index in [1.807, 2.05) is 0 Å². The predicted molar refractivity (Wildman–Crippen MR) is 86.8 cm³/mol. The molecule has 1 nitrogen and oxygen atoms in total. The monoisotopic (exact) mass is 343 g/mol. The lowest BCUT2D eigenvalue weighted by Gasteiger charge is -2.19. The van der Waals surface area contributed by atoms with Gasteiger partial charge in [-0.05, 0) is 36.2 Å². The molecule has 2 aromatic carbocycles. The van der Waals surface area contributed by atoms with E-state index in [9.17, 15) is 17.6 Å². The number of rotatable bonds is 1. The summed E-state index contributed by atoms with van der Waals surface area (Å²) < 4.78 is 54.9. The first-order valence-corrected chi connectivity index (χ1v) is 7.80. The number of aromatic nitrogens is 1. The highest BCUT2D eigenvalue weighted by Gasteiger charge is 2.42. The Morgan fingerprint density at radius 1 is 0.960 bits per heavy atom. The number of nitrogens with zero attached hydrogens (tertiary/aromatic N) is 1. The molecule has 0 N–H and O–H groups in total. The number of pyridine rings is 1. The standard InChI is InChI=1S/C20H13F4N/c1-11-9-16(20(22,23)24)18-17(12-5-4-6-13(21)10-12)14-7-2-3-8-15(14)19(18)25-11/h2-10,17H,1H3. The number of halogens is 4. The van der Waals surface area contributed by atoms with E-state index in [1.54, 1.807) is 37.3 Å². The quantitative estimate of drug-likeness (QED) is 0.404. The van der Waals surface area contributed by atoms with Crippen molar-refractivity contribution in [2.75, 3.05) is 0 Å². The molecule has 0 saturated carbocycles. The molecule has 1 aliphatic rings. The van der Waals surface area contributed by atoms with Crippen LogP contribution in [0.1, 0.15) is 33.9 Å². The Morgan fingerprint density at radius 2 is 1.72 bits per heavy atom. The Hall–Kier alpha value is -2.69.